The minimum absolute atomic E-state index is 0.0359. The van der Waals surface area contributed by atoms with Gasteiger partial charge in [0.2, 0.25) is 0 Å². The van der Waals surface area contributed by atoms with Crippen LogP contribution in [0, 0.1) is 24.7 Å². The maximum absolute atomic E-state index is 13.1. The Labute approximate surface area is 184 Å². The van der Waals surface area contributed by atoms with Crippen molar-refractivity contribution in [3.63, 3.8) is 0 Å². The first-order valence-electron chi connectivity index (χ1n) is 11.2. The van der Waals surface area contributed by atoms with E-state index in [1.165, 1.54) is 23.6 Å². The largest absolute Gasteiger partial charge is 0.347 e. The minimum atomic E-state index is -3.65. The molecule has 0 heterocycles. The highest BCUT2D eigenvalue weighted by Crippen LogP contribution is 2.55. The van der Waals surface area contributed by atoms with Crippen molar-refractivity contribution < 1.29 is 13.2 Å². The summed E-state index contributed by atoms with van der Waals surface area (Å²) in [6.07, 6.45) is 7.35. The monoisotopic (exact) mass is 438 g/mol. The Kier molecular flexibility index (Phi) is 4.88. The van der Waals surface area contributed by atoms with E-state index in [-0.39, 0.29) is 16.3 Å². The average molecular weight is 439 g/mol. The number of hydrogen-bond acceptors (Lipinski definition) is 3. The van der Waals surface area contributed by atoms with Gasteiger partial charge in [-0.2, -0.15) is 0 Å². The molecule has 0 aromatic heterocycles. The maximum Gasteiger partial charge on any atom is 0.264 e. The van der Waals surface area contributed by atoms with Gasteiger partial charge in [0.15, 0.2) is 0 Å². The van der Waals surface area contributed by atoms with Gasteiger partial charge in [0.05, 0.1) is 10.6 Å². The number of rotatable bonds is 5. The number of carbonyl (C=O) groups excluding carboxylic acids is 1. The number of nitrogens with one attached hydrogen (secondary N) is 1. The van der Waals surface area contributed by atoms with E-state index in [1.807, 2.05) is 13.0 Å². The molecule has 1 N–H and O–H groups in total. The Morgan fingerprint density at radius 1 is 0.968 bits per heavy atom. The van der Waals surface area contributed by atoms with Gasteiger partial charge in [0.25, 0.3) is 15.9 Å². The Balaban J connectivity index is 1.35. The van der Waals surface area contributed by atoms with Crippen LogP contribution in [0.5, 0.6) is 0 Å². The predicted molar refractivity (Wildman–Crippen MR) is 122 cm³/mol. The molecule has 2 aromatic carbocycles. The fourth-order valence-corrected chi connectivity index (χ4v) is 7.89. The summed E-state index contributed by atoms with van der Waals surface area (Å²) in [6, 6.07) is 13.7. The molecule has 4 aliphatic carbocycles. The molecular formula is C25H30N2O3S. The van der Waals surface area contributed by atoms with Crippen LogP contribution < -0.4 is 9.62 Å². The normalized spacial score (nSPS) is 29.0. The second-order valence-electron chi connectivity index (χ2n) is 9.94. The lowest BCUT2D eigenvalue weighted by atomic mass is 9.53. The zero-order valence-electron chi connectivity index (χ0n) is 18.2. The summed E-state index contributed by atoms with van der Waals surface area (Å²) in [5.41, 5.74) is 1.91. The standard InChI is InChI=1S/C25H30N2O3S/c1-17-10-21(8-9-23(17)27(2)31(29,30)22-6-4-3-5-7-22)24(28)26-25-14-18-11-19(15-25)13-20(12-18)16-25/h3-10,18-20H,11-16H2,1-2H3,(H,26,28). The number of hydrogen-bond donors (Lipinski definition) is 1. The van der Waals surface area contributed by atoms with Crippen LogP contribution in [-0.4, -0.2) is 26.9 Å². The highest BCUT2D eigenvalue weighted by Gasteiger charge is 2.51. The third kappa shape index (κ3) is 3.65. The van der Waals surface area contributed by atoms with Crippen molar-refractivity contribution in [1.82, 2.24) is 5.32 Å². The molecule has 4 saturated carbocycles. The number of aryl methyl sites for hydroxylation is 1. The third-order valence-electron chi connectivity index (χ3n) is 7.62. The zero-order chi connectivity index (χ0) is 21.8. The van der Waals surface area contributed by atoms with Crippen LogP contribution in [0.15, 0.2) is 53.4 Å². The number of benzene rings is 2. The van der Waals surface area contributed by atoms with E-state index in [0.717, 1.165) is 42.6 Å². The van der Waals surface area contributed by atoms with Crippen molar-refractivity contribution >= 4 is 21.6 Å². The third-order valence-corrected chi connectivity index (χ3v) is 9.40. The molecule has 0 radical (unpaired) electrons. The Morgan fingerprint density at radius 2 is 1.55 bits per heavy atom. The van der Waals surface area contributed by atoms with Crippen molar-refractivity contribution in [3.8, 4) is 0 Å². The van der Waals surface area contributed by atoms with Crippen LogP contribution >= 0.6 is 0 Å². The van der Waals surface area contributed by atoms with Gasteiger partial charge in [-0.05, 0) is 99.1 Å². The summed E-state index contributed by atoms with van der Waals surface area (Å²) in [7, 11) is -2.10. The van der Waals surface area contributed by atoms with Crippen molar-refractivity contribution in [2.75, 3.05) is 11.4 Å². The molecule has 4 aliphatic rings. The molecule has 6 rings (SSSR count). The second kappa shape index (κ2) is 7.37. The molecule has 0 saturated heterocycles. The van der Waals surface area contributed by atoms with Crippen LogP contribution in [0.4, 0.5) is 5.69 Å². The first-order valence-corrected chi connectivity index (χ1v) is 12.7. The summed E-state index contributed by atoms with van der Waals surface area (Å²) in [5.74, 6) is 2.28. The second-order valence-corrected chi connectivity index (χ2v) is 11.9. The van der Waals surface area contributed by atoms with E-state index in [4.69, 9.17) is 0 Å². The summed E-state index contributed by atoms with van der Waals surface area (Å²) in [5, 5.41) is 3.40. The predicted octanol–water partition coefficient (Wildman–Crippen LogP) is 4.52. The van der Waals surface area contributed by atoms with E-state index in [2.05, 4.69) is 5.32 Å². The summed E-state index contributed by atoms with van der Waals surface area (Å²) < 4.78 is 27.2. The van der Waals surface area contributed by atoms with E-state index in [1.54, 1.807) is 49.5 Å². The summed E-state index contributed by atoms with van der Waals surface area (Å²) in [4.78, 5) is 13.4. The molecule has 31 heavy (non-hydrogen) atoms. The Bertz CT molecular complexity index is 1080. The van der Waals surface area contributed by atoms with Gasteiger partial charge in [-0.1, -0.05) is 18.2 Å². The lowest BCUT2D eigenvalue weighted by molar-refractivity contribution is -0.0167. The smallest absolute Gasteiger partial charge is 0.264 e. The van der Waals surface area contributed by atoms with Crippen molar-refractivity contribution in [1.29, 1.82) is 0 Å². The SMILES string of the molecule is Cc1cc(C(=O)NC23CC4CC(CC(C4)C2)C3)ccc1N(C)S(=O)(=O)c1ccccc1. The van der Waals surface area contributed by atoms with E-state index in [0.29, 0.717) is 11.3 Å². The number of nitrogens with zero attached hydrogens (tertiary/aromatic N) is 1. The first-order chi connectivity index (χ1) is 14.8. The van der Waals surface area contributed by atoms with Crippen LogP contribution in [0.1, 0.15) is 54.4 Å². The van der Waals surface area contributed by atoms with Crippen LogP contribution in [0.3, 0.4) is 0 Å². The summed E-state index contributed by atoms with van der Waals surface area (Å²) in [6.45, 7) is 1.86. The summed E-state index contributed by atoms with van der Waals surface area (Å²) >= 11 is 0. The zero-order valence-corrected chi connectivity index (χ0v) is 19.0. The molecule has 0 unspecified atom stereocenters. The van der Waals surface area contributed by atoms with E-state index < -0.39 is 10.0 Å². The molecule has 0 aliphatic heterocycles. The van der Waals surface area contributed by atoms with Crippen LogP contribution in [-0.2, 0) is 10.0 Å². The number of anilines is 1. The molecule has 1 amide bonds. The topological polar surface area (TPSA) is 66.5 Å². The van der Waals surface area contributed by atoms with E-state index in [9.17, 15) is 13.2 Å². The number of sulfonamides is 1. The average Bonchev–Trinajstić information content (AvgIpc) is 2.72. The van der Waals surface area contributed by atoms with Gasteiger partial charge in [0, 0.05) is 18.2 Å². The number of amides is 1. The van der Waals surface area contributed by atoms with Gasteiger partial charge < -0.3 is 5.32 Å². The fraction of sp³-hybridized carbons (Fsp3) is 0.480. The molecule has 164 valence electrons. The van der Waals surface area contributed by atoms with Gasteiger partial charge in [-0.25, -0.2) is 8.42 Å². The van der Waals surface area contributed by atoms with Gasteiger partial charge in [-0.3, -0.25) is 9.10 Å². The molecule has 4 fully saturated rings. The highest BCUT2D eigenvalue weighted by atomic mass is 32.2. The van der Waals surface area contributed by atoms with Crippen LogP contribution in [0.2, 0.25) is 0 Å². The molecule has 6 heteroatoms. The van der Waals surface area contributed by atoms with Crippen LogP contribution in [0.25, 0.3) is 0 Å². The molecule has 2 aromatic rings. The molecular weight excluding hydrogens is 408 g/mol. The van der Waals surface area contributed by atoms with Gasteiger partial charge in [0.1, 0.15) is 0 Å². The van der Waals surface area contributed by atoms with Crippen molar-refractivity contribution in [2.24, 2.45) is 17.8 Å². The van der Waals surface area contributed by atoms with Gasteiger partial charge in [-0.15, -0.1) is 0 Å². The molecule has 0 spiro atoms. The Morgan fingerprint density at radius 3 is 2.10 bits per heavy atom. The molecule has 0 atom stereocenters. The number of carbonyl (C=O) groups is 1. The maximum atomic E-state index is 13.1. The minimum Gasteiger partial charge on any atom is -0.347 e. The lowest BCUT2D eigenvalue weighted by Gasteiger charge is -2.56. The van der Waals surface area contributed by atoms with Crippen molar-refractivity contribution in [3.05, 3.63) is 59.7 Å². The first kappa shape index (κ1) is 20.6. The fourth-order valence-electron chi connectivity index (χ4n) is 6.61. The van der Waals surface area contributed by atoms with Gasteiger partial charge >= 0.3 is 0 Å². The van der Waals surface area contributed by atoms with Crippen molar-refractivity contribution in [2.45, 2.75) is 55.9 Å². The Hall–Kier alpha value is -2.34. The quantitative estimate of drug-likeness (QED) is 0.746. The lowest BCUT2D eigenvalue weighted by Crippen LogP contribution is -2.59. The molecule has 5 nitrogen and oxygen atoms in total. The highest BCUT2D eigenvalue weighted by molar-refractivity contribution is 7.92. The van der Waals surface area contributed by atoms with E-state index >= 15 is 0 Å². The molecule has 4 bridgehead atoms.